The van der Waals surface area contributed by atoms with Crippen molar-refractivity contribution >= 4 is 28.7 Å². The first-order valence-electron chi connectivity index (χ1n) is 10.4. The molecule has 6 nitrogen and oxygen atoms in total. The number of ketones is 1. The number of hydrogen-bond acceptors (Lipinski definition) is 6. The van der Waals surface area contributed by atoms with E-state index in [0.717, 1.165) is 41.9 Å². The second kappa shape index (κ2) is 9.85. The van der Waals surface area contributed by atoms with Gasteiger partial charge in [-0.25, -0.2) is 0 Å². The molecule has 1 saturated heterocycles. The lowest BCUT2D eigenvalue weighted by Crippen LogP contribution is -2.46. The van der Waals surface area contributed by atoms with Crippen molar-refractivity contribution < 1.29 is 14.3 Å². The number of aromatic nitrogens is 1. The number of rotatable bonds is 7. The largest absolute Gasteiger partial charge is 0.456 e. The minimum atomic E-state index is -0.180. The van der Waals surface area contributed by atoms with E-state index in [9.17, 15) is 9.59 Å². The van der Waals surface area contributed by atoms with E-state index in [0.29, 0.717) is 18.0 Å². The van der Waals surface area contributed by atoms with Crippen molar-refractivity contribution in [1.29, 1.82) is 0 Å². The fourth-order valence-electron chi connectivity index (χ4n) is 3.73. The van der Waals surface area contributed by atoms with Gasteiger partial charge in [-0.1, -0.05) is 6.42 Å². The molecule has 0 radical (unpaired) electrons. The Hall–Kier alpha value is -3.03. The highest BCUT2D eigenvalue weighted by Crippen LogP contribution is 2.25. The number of carbonyl (C=O) groups excluding carboxylic acids is 2. The van der Waals surface area contributed by atoms with Gasteiger partial charge in [-0.3, -0.25) is 19.5 Å². The summed E-state index contributed by atoms with van der Waals surface area (Å²) in [4.78, 5) is 31.6. The lowest BCUT2D eigenvalue weighted by atomic mass is 10.0. The van der Waals surface area contributed by atoms with Crippen molar-refractivity contribution in [3.8, 4) is 11.5 Å². The van der Waals surface area contributed by atoms with Gasteiger partial charge in [-0.05, 0) is 79.7 Å². The third kappa shape index (κ3) is 5.57. The quantitative estimate of drug-likeness (QED) is 0.521. The Morgan fingerprint density at radius 2 is 2.03 bits per heavy atom. The lowest BCUT2D eigenvalue weighted by Gasteiger charge is -2.34. The fourth-order valence-corrected chi connectivity index (χ4v) is 4.54. The molecule has 3 heterocycles. The van der Waals surface area contributed by atoms with Crippen LogP contribution in [0.15, 0.2) is 60.2 Å². The zero-order chi connectivity index (χ0) is 21.6. The summed E-state index contributed by atoms with van der Waals surface area (Å²) in [7, 11) is 0. The van der Waals surface area contributed by atoms with Crippen LogP contribution in [0.3, 0.4) is 0 Å². The summed E-state index contributed by atoms with van der Waals surface area (Å²) in [5.41, 5.74) is 1.83. The van der Waals surface area contributed by atoms with Crippen molar-refractivity contribution in [2.45, 2.75) is 38.8 Å². The number of ether oxygens (including phenoxy) is 1. The summed E-state index contributed by atoms with van der Waals surface area (Å²) in [6.45, 7) is 3.14. The SMILES string of the molecule is CC(=O)c1cc(CN2CCCCC2C(=O)Nc2ccc(Oc3cccnc3)cc2)cs1. The van der Waals surface area contributed by atoms with Gasteiger partial charge in [-0.15, -0.1) is 11.3 Å². The Bertz CT molecular complexity index is 1030. The van der Waals surface area contributed by atoms with Crippen LogP contribution in [0.5, 0.6) is 11.5 Å². The van der Waals surface area contributed by atoms with Gasteiger partial charge in [0.25, 0.3) is 0 Å². The van der Waals surface area contributed by atoms with E-state index < -0.39 is 0 Å². The molecule has 1 aliphatic rings. The van der Waals surface area contributed by atoms with Crippen molar-refractivity contribution in [3.05, 3.63) is 70.7 Å². The molecule has 0 aliphatic carbocycles. The number of Topliss-reactive ketones (excluding diaryl/α,β-unsaturated/α-hetero) is 1. The Labute approximate surface area is 185 Å². The van der Waals surface area contributed by atoms with E-state index in [1.807, 2.05) is 47.8 Å². The zero-order valence-electron chi connectivity index (χ0n) is 17.4. The molecule has 2 aromatic heterocycles. The average Bonchev–Trinajstić information content (AvgIpc) is 3.25. The molecular formula is C24H25N3O3S. The van der Waals surface area contributed by atoms with Crippen LogP contribution in [0.1, 0.15) is 41.4 Å². The van der Waals surface area contributed by atoms with E-state index in [-0.39, 0.29) is 17.7 Å². The van der Waals surface area contributed by atoms with Gasteiger partial charge in [0.1, 0.15) is 11.5 Å². The first kappa shape index (κ1) is 21.2. The molecule has 1 N–H and O–H groups in total. The number of benzene rings is 1. The highest BCUT2D eigenvalue weighted by Gasteiger charge is 2.29. The second-order valence-electron chi connectivity index (χ2n) is 7.66. The van der Waals surface area contributed by atoms with Crippen LogP contribution in [0.25, 0.3) is 0 Å². The maximum Gasteiger partial charge on any atom is 0.241 e. The molecule has 7 heteroatoms. The van der Waals surface area contributed by atoms with Gasteiger partial charge >= 0.3 is 0 Å². The summed E-state index contributed by atoms with van der Waals surface area (Å²) in [5.74, 6) is 1.44. The van der Waals surface area contributed by atoms with Crippen LogP contribution in [-0.4, -0.2) is 34.2 Å². The standard InChI is InChI=1S/C24H25N3O3S/c1-17(28)23-13-18(16-31-23)15-27-12-3-2-6-22(27)24(29)26-19-7-9-20(10-8-19)30-21-5-4-11-25-14-21/h4-5,7-11,13-14,16,22H,2-3,6,12,15H2,1H3,(H,26,29). The number of thiophene rings is 1. The number of pyridine rings is 1. The minimum absolute atomic E-state index is 0.00245. The molecule has 1 amide bonds. The number of likely N-dealkylation sites (tertiary alicyclic amines) is 1. The molecule has 1 aliphatic heterocycles. The van der Waals surface area contributed by atoms with Crippen molar-refractivity contribution in [2.24, 2.45) is 0 Å². The summed E-state index contributed by atoms with van der Waals surface area (Å²) in [5, 5.41) is 5.06. The predicted octanol–water partition coefficient (Wildman–Crippen LogP) is 5.13. The molecule has 160 valence electrons. The van der Waals surface area contributed by atoms with Gasteiger partial charge < -0.3 is 10.1 Å². The Kier molecular flexibility index (Phi) is 6.74. The Morgan fingerprint density at radius 3 is 2.74 bits per heavy atom. The molecule has 3 aromatic rings. The molecular weight excluding hydrogens is 410 g/mol. The van der Waals surface area contributed by atoms with E-state index in [4.69, 9.17) is 4.74 Å². The van der Waals surface area contributed by atoms with Crippen LogP contribution >= 0.6 is 11.3 Å². The van der Waals surface area contributed by atoms with E-state index in [2.05, 4.69) is 15.2 Å². The van der Waals surface area contributed by atoms with Crippen molar-refractivity contribution in [3.63, 3.8) is 0 Å². The normalized spacial score (nSPS) is 16.6. The highest BCUT2D eigenvalue weighted by atomic mass is 32.1. The maximum atomic E-state index is 13.0. The molecule has 1 aromatic carbocycles. The molecule has 31 heavy (non-hydrogen) atoms. The molecule has 1 atom stereocenters. The third-order valence-corrected chi connectivity index (χ3v) is 6.37. The van der Waals surface area contributed by atoms with Crippen LogP contribution < -0.4 is 10.1 Å². The first-order valence-corrected chi connectivity index (χ1v) is 11.3. The number of piperidine rings is 1. The van der Waals surface area contributed by atoms with Gasteiger partial charge in [-0.2, -0.15) is 0 Å². The number of carbonyl (C=O) groups is 2. The predicted molar refractivity (Wildman–Crippen MR) is 122 cm³/mol. The number of nitrogens with one attached hydrogen (secondary N) is 1. The van der Waals surface area contributed by atoms with Crippen LogP contribution in [-0.2, 0) is 11.3 Å². The lowest BCUT2D eigenvalue weighted by molar-refractivity contribution is -0.122. The van der Waals surface area contributed by atoms with Crippen molar-refractivity contribution in [2.75, 3.05) is 11.9 Å². The average molecular weight is 436 g/mol. The van der Waals surface area contributed by atoms with Crippen LogP contribution in [0, 0.1) is 0 Å². The molecule has 0 bridgehead atoms. The maximum absolute atomic E-state index is 13.0. The summed E-state index contributed by atoms with van der Waals surface area (Å²) in [6.07, 6.45) is 6.29. The zero-order valence-corrected chi connectivity index (χ0v) is 18.2. The number of amides is 1. The monoisotopic (exact) mass is 435 g/mol. The van der Waals surface area contributed by atoms with E-state index in [1.54, 1.807) is 19.3 Å². The fraction of sp³-hybridized carbons (Fsp3) is 0.292. The van der Waals surface area contributed by atoms with Gasteiger partial charge in [0.2, 0.25) is 5.91 Å². The van der Waals surface area contributed by atoms with Gasteiger partial charge in [0.05, 0.1) is 17.1 Å². The molecule has 1 fully saturated rings. The molecule has 0 saturated carbocycles. The van der Waals surface area contributed by atoms with E-state index in [1.165, 1.54) is 11.3 Å². The molecule has 1 unspecified atom stereocenters. The summed E-state index contributed by atoms with van der Waals surface area (Å²) in [6, 6.07) is 12.8. The second-order valence-corrected chi connectivity index (χ2v) is 8.57. The van der Waals surface area contributed by atoms with Gasteiger partial charge in [0, 0.05) is 18.4 Å². The topological polar surface area (TPSA) is 71.5 Å². The Morgan fingerprint density at radius 1 is 1.19 bits per heavy atom. The Balaban J connectivity index is 1.38. The molecule has 4 rings (SSSR count). The smallest absolute Gasteiger partial charge is 0.241 e. The minimum Gasteiger partial charge on any atom is -0.456 e. The van der Waals surface area contributed by atoms with Gasteiger partial charge in [0.15, 0.2) is 5.78 Å². The van der Waals surface area contributed by atoms with Crippen LogP contribution in [0.4, 0.5) is 5.69 Å². The van der Waals surface area contributed by atoms with Crippen molar-refractivity contribution in [1.82, 2.24) is 9.88 Å². The number of anilines is 1. The van der Waals surface area contributed by atoms with E-state index >= 15 is 0 Å². The molecule has 0 spiro atoms. The summed E-state index contributed by atoms with van der Waals surface area (Å²) >= 11 is 1.47. The summed E-state index contributed by atoms with van der Waals surface area (Å²) < 4.78 is 5.75. The number of nitrogens with zero attached hydrogens (tertiary/aromatic N) is 2. The number of hydrogen-bond donors (Lipinski definition) is 1. The first-order chi connectivity index (χ1) is 15.1. The third-order valence-electron chi connectivity index (χ3n) is 5.29. The highest BCUT2D eigenvalue weighted by molar-refractivity contribution is 7.12. The van der Waals surface area contributed by atoms with Crippen LogP contribution in [0.2, 0.25) is 0 Å².